The van der Waals surface area contributed by atoms with Crippen LogP contribution in [0.15, 0.2) is 22.7 Å². The van der Waals surface area contributed by atoms with Crippen molar-refractivity contribution >= 4 is 15.9 Å². The average Bonchev–Trinajstić information content (AvgIpc) is 2.22. The lowest BCUT2D eigenvalue weighted by Crippen LogP contribution is -2.33. The number of hydrogen-bond acceptors (Lipinski definition) is 1. The van der Waals surface area contributed by atoms with Crippen molar-refractivity contribution in [2.24, 2.45) is 5.41 Å². The summed E-state index contributed by atoms with van der Waals surface area (Å²) in [6.45, 7) is 9.56. The van der Waals surface area contributed by atoms with E-state index in [0.717, 1.165) is 18.5 Å². The van der Waals surface area contributed by atoms with E-state index in [1.165, 1.54) is 6.07 Å². The lowest BCUT2D eigenvalue weighted by Gasteiger charge is -2.33. The van der Waals surface area contributed by atoms with Gasteiger partial charge in [0.15, 0.2) is 0 Å². The fourth-order valence-electron chi connectivity index (χ4n) is 1.91. The van der Waals surface area contributed by atoms with Gasteiger partial charge in [0.2, 0.25) is 0 Å². The lowest BCUT2D eigenvalue weighted by molar-refractivity contribution is 0.272. The fourth-order valence-corrected chi connectivity index (χ4v) is 2.41. The monoisotopic (exact) mass is 301 g/mol. The van der Waals surface area contributed by atoms with Crippen LogP contribution >= 0.6 is 15.9 Å². The summed E-state index contributed by atoms with van der Waals surface area (Å²) in [7, 11) is 0. The van der Waals surface area contributed by atoms with Crippen molar-refractivity contribution < 1.29 is 4.39 Å². The Balaban J connectivity index is 3.09. The van der Waals surface area contributed by atoms with Crippen LogP contribution in [0.3, 0.4) is 0 Å². The zero-order chi connectivity index (χ0) is 13.1. The Morgan fingerprint density at radius 3 is 2.53 bits per heavy atom. The topological polar surface area (TPSA) is 12.0 Å². The molecule has 3 heteroatoms. The summed E-state index contributed by atoms with van der Waals surface area (Å²) in [5.41, 5.74) is 1.04. The van der Waals surface area contributed by atoms with Crippen LogP contribution in [-0.2, 0) is 0 Å². The Morgan fingerprint density at radius 1 is 1.35 bits per heavy atom. The largest absolute Gasteiger partial charge is 0.309 e. The maximum absolute atomic E-state index is 13.6. The quantitative estimate of drug-likeness (QED) is 0.852. The molecule has 0 fully saturated rings. The van der Waals surface area contributed by atoms with Crippen LogP contribution in [0.4, 0.5) is 4.39 Å². The van der Waals surface area contributed by atoms with Gasteiger partial charge in [-0.05, 0) is 45.9 Å². The third-order valence-electron chi connectivity index (χ3n) is 2.76. The smallest absolute Gasteiger partial charge is 0.137 e. The van der Waals surface area contributed by atoms with E-state index >= 15 is 0 Å². The summed E-state index contributed by atoms with van der Waals surface area (Å²) in [5.74, 6) is -0.199. The van der Waals surface area contributed by atoms with Crippen LogP contribution in [0.5, 0.6) is 0 Å². The maximum Gasteiger partial charge on any atom is 0.137 e. The standard InChI is InChI=1S/C14H21BrFN/c1-5-9-17-13(14(2,3)4)10-7-6-8-11(16)12(10)15/h6-8,13,17H,5,9H2,1-4H3. The number of nitrogens with one attached hydrogen (secondary N) is 1. The molecule has 1 unspecified atom stereocenters. The van der Waals surface area contributed by atoms with Crippen molar-refractivity contribution in [1.82, 2.24) is 5.32 Å². The molecule has 0 radical (unpaired) electrons. The van der Waals surface area contributed by atoms with Crippen molar-refractivity contribution in [3.05, 3.63) is 34.1 Å². The van der Waals surface area contributed by atoms with Crippen LogP contribution < -0.4 is 5.32 Å². The third-order valence-corrected chi connectivity index (χ3v) is 3.59. The molecule has 1 nitrogen and oxygen atoms in total. The summed E-state index contributed by atoms with van der Waals surface area (Å²) in [6, 6.07) is 5.37. The van der Waals surface area contributed by atoms with Gasteiger partial charge in [0.1, 0.15) is 5.82 Å². The Bertz CT molecular complexity index is 371. The van der Waals surface area contributed by atoms with E-state index in [1.54, 1.807) is 6.07 Å². The minimum atomic E-state index is -0.199. The van der Waals surface area contributed by atoms with Gasteiger partial charge in [-0.15, -0.1) is 0 Å². The zero-order valence-electron chi connectivity index (χ0n) is 11.0. The predicted molar refractivity (Wildman–Crippen MR) is 74.6 cm³/mol. The van der Waals surface area contributed by atoms with E-state index < -0.39 is 0 Å². The molecule has 1 aromatic rings. The maximum atomic E-state index is 13.6. The number of hydrogen-bond donors (Lipinski definition) is 1. The Labute approximate surface area is 112 Å². The minimum absolute atomic E-state index is 0.0471. The van der Waals surface area contributed by atoms with Crippen molar-refractivity contribution in [3.8, 4) is 0 Å². The predicted octanol–water partition coefficient (Wildman–Crippen LogP) is 4.68. The molecule has 1 aromatic carbocycles. The fraction of sp³-hybridized carbons (Fsp3) is 0.571. The number of halogens is 2. The molecule has 0 amide bonds. The SMILES string of the molecule is CCCNC(c1cccc(F)c1Br)C(C)(C)C. The van der Waals surface area contributed by atoms with E-state index in [2.05, 4.69) is 48.9 Å². The first-order valence-electron chi connectivity index (χ1n) is 6.05. The highest BCUT2D eigenvalue weighted by Gasteiger charge is 2.27. The summed E-state index contributed by atoms with van der Waals surface area (Å²) in [4.78, 5) is 0. The Hall–Kier alpha value is -0.410. The molecule has 0 aliphatic rings. The first kappa shape index (κ1) is 14.7. The third kappa shape index (κ3) is 3.78. The summed E-state index contributed by atoms with van der Waals surface area (Å²) < 4.78 is 14.1. The molecule has 0 aliphatic heterocycles. The van der Waals surface area contributed by atoms with Gasteiger partial charge in [-0.2, -0.15) is 0 Å². The van der Waals surface area contributed by atoms with E-state index in [9.17, 15) is 4.39 Å². The van der Waals surface area contributed by atoms with Gasteiger partial charge in [0, 0.05) is 6.04 Å². The number of benzene rings is 1. The first-order valence-corrected chi connectivity index (χ1v) is 6.84. The van der Waals surface area contributed by atoms with Crippen LogP contribution in [0.25, 0.3) is 0 Å². The lowest BCUT2D eigenvalue weighted by atomic mass is 9.82. The molecule has 1 rings (SSSR count). The summed E-state index contributed by atoms with van der Waals surface area (Å²) >= 11 is 3.35. The second-order valence-electron chi connectivity index (χ2n) is 5.40. The molecular weight excluding hydrogens is 281 g/mol. The summed E-state index contributed by atoms with van der Waals surface area (Å²) in [6.07, 6.45) is 1.07. The van der Waals surface area contributed by atoms with Gasteiger partial charge in [-0.3, -0.25) is 0 Å². The molecule has 0 spiro atoms. The molecule has 0 saturated heterocycles. The van der Waals surface area contributed by atoms with Gasteiger partial charge < -0.3 is 5.32 Å². The van der Waals surface area contributed by atoms with Gasteiger partial charge in [0.25, 0.3) is 0 Å². The average molecular weight is 302 g/mol. The van der Waals surface area contributed by atoms with E-state index in [0.29, 0.717) is 4.47 Å². The van der Waals surface area contributed by atoms with Gasteiger partial charge in [-0.25, -0.2) is 4.39 Å². The molecule has 0 aliphatic carbocycles. The summed E-state index contributed by atoms with van der Waals surface area (Å²) in [5, 5.41) is 3.50. The van der Waals surface area contributed by atoms with Crippen molar-refractivity contribution in [2.45, 2.75) is 40.2 Å². The first-order chi connectivity index (χ1) is 7.88. The zero-order valence-corrected chi connectivity index (χ0v) is 12.6. The van der Waals surface area contributed by atoms with E-state index in [4.69, 9.17) is 0 Å². The highest BCUT2D eigenvalue weighted by atomic mass is 79.9. The van der Waals surface area contributed by atoms with Crippen LogP contribution in [0.2, 0.25) is 0 Å². The van der Waals surface area contributed by atoms with E-state index in [1.807, 2.05) is 6.07 Å². The minimum Gasteiger partial charge on any atom is -0.309 e. The van der Waals surface area contributed by atoms with Crippen molar-refractivity contribution in [1.29, 1.82) is 0 Å². The molecule has 96 valence electrons. The van der Waals surface area contributed by atoms with Crippen molar-refractivity contribution in [3.63, 3.8) is 0 Å². The molecule has 0 aromatic heterocycles. The van der Waals surface area contributed by atoms with Crippen LogP contribution in [-0.4, -0.2) is 6.54 Å². The van der Waals surface area contributed by atoms with Crippen LogP contribution in [0.1, 0.15) is 45.7 Å². The van der Waals surface area contributed by atoms with Gasteiger partial charge >= 0.3 is 0 Å². The van der Waals surface area contributed by atoms with Crippen LogP contribution in [0, 0.1) is 11.2 Å². The molecule has 0 heterocycles. The Morgan fingerprint density at radius 2 is 2.00 bits per heavy atom. The molecule has 0 bridgehead atoms. The second kappa shape index (κ2) is 5.96. The van der Waals surface area contributed by atoms with Crippen molar-refractivity contribution in [2.75, 3.05) is 6.54 Å². The molecule has 0 saturated carbocycles. The number of rotatable bonds is 4. The molecule has 1 atom stereocenters. The molecule has 1 N–H and O–H groups in total. The normalized spacial score (nSPS) is 13.8. The van der Waals surface area contributed by atoms with Gasteiger partial charge in [0.05, 0.1) is 4.47 Å². The highest BCUT2D eigenvalue weighted by molar-refractivity contribution is 9.10. The second-order valence-corrected chi connectivity index (χ2v) is 6.19. The molecular formula is C14H21BrFN. The highest BCUT2D eigenvalue weighted by Crippen LogP contribution is 2.37. The van der Waals surface area contributed by atoms with Gasteiger partial charge in [-0.1, -0.05) is 39.8 Å². The van der Waals surface area contributed by atoms with E-state index in [-0.39, 0.29) is 17.3 Å². The Kier molecular flexibility index (Phi) is 5.14. The molecule has 17 heavy (non-hydrogen) atoms.